The minimum Gasteiger partial charge on any atom is -0.475 e. The molecule has 4 rings (SSSR count). The molecule has 31 heavy (non-hydrogen) atoms. The van der Waals surface area contributed by atoms with E-state index in [1.54, 1.807) is 11.3 Å². The van der Waals surface area contributed by atoms with Crippen molar-refractivity contribution in [3.63, 3.8) is 0 Å². The fraction of sp³-hybridized carbons (Fsp3) is 0.474. The number of hydrogen-bond acceptors (Lipinski definition) is 5. The molecule has 4 heterocycles. The molecule has 2 amide bonds. The molecule has 0 aromatic carbocycles. The number of fused-ring (bicyclic) bond motifs is 1. The Balaban J connectivity index is 0.000000339. The van der Waals surface area contributed by atoms with Gasteiger partial charge in [-0.05, 0) is 25.5 Å². The van der Waals surface area contributed by atoms with Crippen LogP contribution in [0.1, 0.15) is 34.0 Å². The molecule has 0 spiro atoms. The first kappa shape index (κ1) is 22.8. The number of alkyl halides is 3. The number of aromatic nitrogens is 2. The number of aryl methyl sites for hydroxylation is 2. The number of amides is 2. The second-order valence-electron chi connectivity index (χ2n) is 7.31. The van der Waals surface area contributed by atoms with E-state index in [-0.39, 0.29) is 23.9 Å². The van der Waals surface area contributed by atoms with Crippen molar-refractivity contribution in [2.45, 2.75) is 44.6 Å². The summed E-state index contributed by atoms with van der Waals surface area (Å²) < 4.78 is 33.6. The van der Waals surface area contributed by atoms with Gasteiger partial charge in [-0.25, -0.2) is 9.78 Å². The number of carboxylic acids is 1. The smallest absolute Gasteiger partial charge is 0.475 e. The largest absolute Gasteiger partial charge is 0.490 e. The van der Waals surface area contributed by atoms with Gasteiger partial charge in [-0.1, -0.05) is 0 Å². The van der Waals surface area contributed by atoms with Gasteiger partial charge in [0.05, 0.1) is 29.3 Å². The van der Waals surface area contributed by atoms with Crippen LogP contribution >= 0.6 is 11.3 Å². The molecule has 0 bridgehead atoms. The lowest BCUT2D eigenvalue weighted by atomic mass is 10.1. The minimum absolute atomic E-state index is 0.0142. The number of likely N-dealkylation sites (tertiary alicyclic amines) is 2. The Bertz CT molecular complexity index is 987. The van der Waals surface area contributed by atoms with E-state index in [1.807, 2.05) is 52.0 Å². The molecule has 2 atom stereocenters. The normalized spacial score (nSPS) is 20.5. The van der Waals surface area contributed by atoms with Crippen LogP contribution in [0.5, 0.6) is 0 Å². The van der Waals surface area contributed by atoms with Crippen LogP contribution < -0.4 is 0 Å². The first-order valence-corrected chi connectivity index (χ1v) is 10.3. The monoisotopic (exact) mass is 458 g/mol. The first-order valence-electron chi connectivity index (χ1n) is 9.42. The number of nitrogens with zero attached hydrogens (tertiary/aromatic N) is 4. The van der Waals surface area contributed by atoms with Crippen LogP contribution in [0.15, 0.2) is 23.7 Å². The predicted octanol–water partition coefficient (Wildman–Crippen LogP) is 2.44. The molecule has 168 valence electrons. The van der Waals surface area contributed by atoms with Gasteiger partial charge in [0.1, 0.15) is 5.69 Å². The lowest BCUT2D eigenvalue weighted by Crippen LogP contribution is -2.40. The van der Waals surface area contributed by atoms with Gasteiger partial charge in [-0.2, -0.15) is 13.2 Å². The van der Waals surface area contributed by atoms with E-state index < -0.39 is 12.1 Å². The summed E-state index contributed by atoms with van der Waals surface area (Å²) >= 11 is 1.60. The number of carboxylic acid groups (broad SMARTS) is 1. The Morgan fingerprint density at radius 2 is 2.00 bits per heavy atom. The Hall–Kier alpha value is -2.89. The van der Waals surface area contributed by atoms with E-state index in [9.17, 15) is 22.8 Å². The molecular formula is C19H21F3N4O4S. The Kier molecular flexibility index (Phi) is 6.39. The van der Waals surface area contributed by atoms with Crippen LogP contribution in [0.25, 0.3) is 0 Å². The maximum absolute atomic E-state index is 12.8. The average Bonchev–Trinajstić information content (AvgIpc) is 3.43. The van der Waals surface area contributed by atoms with E-state index in [1.165, 1.54) is 0 Å². The maximum Gasteiger partial charge on any atom is 0.490 e. The van der Waals surface area contributed by atoms with Crippen molar-refractivity contribution >= 4 is 29.1 Å². The van der Waals surface area contributed by atoms with E-state index in [0.29, 0.717) is 25.2 Å². The van der Waals surface area contributed by atoms with Gasteiger partial charge in [0.2, 0.25) is 5.91 Å². The van der Waals surface area contributed by atoms with Crippen molar-refractivity contribution in [1.29, 1.82) is 0 Å². The van der Waals surface area contributed by atoms with Gasteiger partial charge in [-0.15, -0.1) is 11.3 Å². The number of thiazole rings is 1. The highest BCUT2D eigenvalue weighted by Crippen LogP contribution is 2.34. The van der Waals surface area contributed by atoms with Gasteiger partial charge >= 0.3 is 12.1 Å². The summed E-state index contributed by atoms with van der Waals surface area (Å²) in [6, 6.07) is 3.81. The third-order valence-electron chi connectivity index (χ3n) is 5.28. The highest BCUT2D eigenvalue weighted by molar-refractivity contribution is 7.09. The van der Waals surface area contributed by atoms with Gasteiger partial charge in [0, 0.05) is 31.6 Å². The number of rotatable bonds is 3. The van der Waals surface area contributed by atoms with E-state index >= 15 is 0 Å². The van der Waals surface area contributed by atoms with E-state index in [4.69, 9.17) is 9.90 Å². The first-order chi connectivity index (χ1) is 14.5. The molecule has 2 aliphatic rings. The summed E-state index contributed by atoms with van der Waals surface area (Å²) in [6.45, 7) is 3.23. The highest BCUT2D eigenvalue weighted by Gasteiger charge is 2.48. The van der Waals surface area contributed by atoms with Crippen LogP contribution in [-0.2, 0) is 23.2 Å². The quantitative estimate of drug-likeness (QED) is 0.762. The summed E-state index contributed by atoms with van der Waals surface area (Å²) in [5, 5.41) is 10.2. The average molecular weight is 458 g/mol. The lowest BCUT2D eigenvalue weighted by molar-refractivity contribution is -0.192. The van der Waals surface area contributed by atoms with Crippen molar-refractivity contribution in [1.82, 2.24) is 19.4 Å². The molecule has 0 aliphatic carbocycles. The summed E-state index contributed by atoms with van der Waals surface area (Å²) in [6.07, 6.45) is -1.95. The maximum atomic E-state index is 12.8. The molecule has 0 radical (unpaired) electrons. The molecule has 2 fully saturated rings. The summed E-state index contributed by atoms with van der Waals surface area (Å²) in [5.74, 6) is -2.61. The van der Waals surface area contributed by atoms with Crippen molar-refractivity contribution in [2.24, 2.45) is 7.05 Å². The zero-order valence-corrected chi connectivity index (χ0v) is 17.6. The fourth-order valence-corrected chi connectivity index (χ4v) is 4.48. The van der Waals surface area contributed by atoms with Crippen LogP contribution in [0.3, 0.4) is 0 Å². The van der Waals surface area contributed by atoms with Crippen molar-refractivity contribution in [3.8, 4) is 0 Å². The second-order valence-corrected chi connectivity index (χ2v) is 8.38. The van der Waals surface area contributed by atoms with Crippen LogP contribution in [0.2, 0.25) is 0 Å². The molecule has 2 saturated heterocycles. The number of carbonyl (C=O) groups is 3. The standard InChI is InChI=1S/C17H20N4O2S.C2HF3O2/c1-11-18-12(10-24-11)9-21-13-5-7-20(15(13)8-16(21)22)17(23)14-4-3-6-19(14)2;3-2(4,5)1(6)7/h3-4,6,10,13,15H,5,7-9H2,1-2H3;(H,6,7)/t13-,15+;/m1./s1. The van der Waals surface area contributed by atoms with Gasteiger partial charge < -0.3 is 19.5 Å². The van der Waals surface area contributed by atoms with Crippen molar-refractivity contribution < 1.29 is 32.7 Å². The van der Waals surface area contributed by atoms with E-state index in [2.05, 4.69) is 4.98 Å². The topological polar surface area (TPSA) is 95.7 Å². The highest BCUT2D eigenvalue weighted by atomic mass is 32.1. The number of halogens is 3. The zero-order chi connectivity index (χ0) is 22.9. The van der Waals surface area contributed by atoms with Crippen LogP contribution in [0, 0.1) is 6.92 Å². The molecule has 8 nitrogen and oxygen atoms in total. The molecule has 2 aromatic heterocycles. The number of aliphatic carboxylic acids is 1. The molecule has 12 heteroatoms. The summed E-state index contributed by atoms with van der Waals surface area (Å²) in [5.41, 5.74) is 1.62. The van der Waals surface area contributed by atoms with Gasteiger partial charge in [0.25, 0.3) is 5.91 Å². The number of hydrogen-bond donors (Lipinski definition) is 1. The summed E-state index contributed by atoms with van der Waals surface area (Å²) in [7, 11) is 1.87. The third-order valence-corrected chi connectivity index (χ3v) is 6.10. The Labute approximate surface area is 179 Å². The minimum atomic E-state index is -5.08. The van der Waals surface area contributed by atoms with Gasteiger partial charge in [-0.3, -0.25) is 9.59 Å². The molecule has 0 unspecified atom stereocenters. The van der Waals surface area contributed by atoms with Gasteiger partial charge in [0.15, 0.2) is 0 Å². The van der Waals surface area contributed by atoms with E-state index in [0.717, 1.165) is 17.1 Å². The molecular weight excluding hydrogens is 437 g/mol. The van der Waals surface area contributed by atoms with Crippen LogP contribution in [0.4, 0.5) is 13.2 Å². The molecule has 2 aromatic rings. The van der Waals surface area contributed by atoms with Crippen LogP contribution in [-0.4, -0.2) is 67.0 Å². The SMILES string of the molecule is Cc1nc(CN2C(=O)C[C@H]3[C@H]2CCN3C(=O)c2cccn2C)cs1.O=C(O)C(F)(F)F. The predicted molar refractivity (Wildman–Crippen MR) is 104 cm³/mol. The van der Waals surface area contributed by atoms with Crippen molar-refractivity contribution in [2.75, 3.05) is 6.54 Å². The molecule has 1 N–H and O–H groups in total. The third kappa shape index (κ3) is 4.89. The summed E-state index contributed by atoms with van der Waals surface area (Å²) in [4.78, 5) is 42.4. The van der Waals surface area contributed by atoms with Crippen molar-refractivity contribution in [3.05, 3.63) is 40.1 Å². The lowest BCUT2D eigenvalue weighted by Gasteiger charge is -2.25. The number of carbonyl (C=O) groups excluding carboxylic acids is 2. The second kappa shape index (κ2) is 8.69. The Morgan fingerprint density at radius 3 is 2.52 bits per heavy atom. The molecule has 2 aliphatic heterocycles. The molecule has 0 saturated carbocycles. The fourth-order valence-electron chi connectivity index (χ4n) is 3.87. The zero-order valence-electron chi connectivity index (χ0n) is 16.8. The Morgan fingerprint density at radius 1 is 1.32 bits per heavy atom.